The summed E-state index contributed by atoms with van der Waals surface area (Å²) >= 11 is 2.99. The van der Waals surface area contributed by atoms with E-state index in [2.05, 4.69) is 20.7 Å². The van der Waals surface area contributed by atoms with Gasteiger partial charge in [-0.3, -0.25) is 4.79 Å². The molecule has 0 atom stereocenters. The number of carbonyl (C=O) groups is 1. The Balaban J connectivity index is 3.00. The Morgan fingerprint density at radius 1 is 1.86 bits per heavy atom. The zero-order valence-corrected chi connectivity index (χ0v) is 5.69. The van der Waals surface area contributed by atoms with Gasteiger partial charge >= 0.3 is 0 Å². The van der Waals surface area contributed by atoms with Crippen molar-refractivity contribution in [2.24, 2.45) is 0 Å². The maximum absolute atomic E-state index is 10.2. The molecule has 42 valence electrons. The van der Waals surface area contributed by atoms with Crippen LogP contribution in [0.4, 0.5) is 0 Å². The molecule has 0 amide bonds. The van der Waals surface area contributed by atoms with Gasteiger partial charge < -0.3 is 4.74 Å². The Morgan fingerprint density at radius 3 is 2.57 bits per heavy atom. The molecule has 0 saturated heterocycles. The summed E-state index contributed by atoms with van der Waals surface area (Å²) in [5.41, 5.74) is 0. The number of Topliss-reactive ketones (excluding diaryl/α,β-unsaturated/α-hetero) is 1. The Labute approximate surface area is 51.0 Å². The zero-order valence-electron chi connectivity index (χ0n) is 4.11. The molecule has 0 saturated carbocycles. The number of carbonyl (C=O) groups excluding carboxylic acids is 1. The van der Waals surface area contributed by atoms with Crippen LogP contribution < -0.4 is 0 Å². The van der Waals surface area contributed by atoms with Crippen LogP contribution in [0.1, 0.15) is 0 Å². The lowest BCUT2D eigenvalue weighted by Gasteiger charge is -1.88. The van der Waals surface area contributed by atoms with Crippen molar-refractivity contribution in [2.45, 2.75) is 0 Å². The highest BCUT2D eigenvalue weighted by molar-refractivity contribution is 9.09. The lowest BCUT2D eigenvalue weighted by molar-refractivity contribution is -0.119. The van der Waals surface area contributed by atoms with Crippen molar-refractivity contribution >= 4 is 21.7 Å². The molecule has 0 bridgehead atoms. The molecular formula is C4H7BrO2. The first-order valence-electron chi connectivity index (χ1n) is 1.88. The van der Waals surface area contributed by atoms with Crippen molar-refractivity contribution in [2.75, 3.05) is 19.0 Å². The van der Waals surface area contributed by atoms with Crippen molar-refractivity contribution in [3.05, 3.63) is 0 Å². The van der Waals surface area contributed by atoms with Crippen LogP contribution in [0.25, 0.3) is 0 Å². The Kier molecular flexibility index (Phi) is 4.34. The van der Waals surface area contributed by atoms with E-state index in [1.807, 2.05) is 0 Å². The predicted octanol–water partition coefficient (Wildman–Crippen LogP) is 0.597. The largest absolute Gasteiger partial charge is 0.377 e. The van der Waals surface area contributed by atoms with Crippen molar-refractivity contribution < 1.29 is 9.53 Å². The summed E-state index contributed by atoms with van der Waals surface area (Å²) in [5.74, 6) is 0.0718. The first-order valence-corrected chi connectivity index (χ1v) is 3.00. The average molecular weight is 167 g/mol. The van der Waals surface area contributed by atoms with Gasteiger partial charge in [-0.15, -0.1) is 0 Å². The van der Waals surface area contributed by atoms with Crippen LogP contribution in [-0.2, 0) is 9.53 Å². The van der Waals surface area contributed by atoms with Gasteiger partial charge in [0, 0.05) is 7.11 Å². The standard InChI is InChI=1S/C4H7BrO2/c1-7-3-4(6)2-5/h2-3H2,1H3. The van der Waals surface area contributed by atoms with Gasteiger partial charge in [-0.1, -0.05) is 15.9 Å². The fourth-order valence-electron chi connectivity index (χ4n) is 0.200. The Hall–Kier alpha value is 0.110. The van der Waals surface area contributed by atoms with Crippen LogP contribution in [0.5, 0.6) is 0 Å². The summed E-state index contributed by atoms with van der Waals surface area (Å²) in [5, 5.41) is 0.390. The molecule has 3 heteroatoms. The van der Waals surface area contributed by atoms with Gasteiger partial charge in [0.1, 0.15) is 6.61 Å². The van der Waals surface area contributed by atoms with E-state index in [0.717, 1.165) is 0 Å². The molecule has 0 unspecified atom stereocenters. The number of rotatable bonds is 3. The van der Waals surface area contributed by atoms with Crippen LogP contribution in [0, 0.1) is 0 Å². The normalized spacial score (nSPS) is 8.86. The molecular weight excluding hydrogens is 160 g/mol. The molecule has 0 rings (SSSR count). The smallest absolute Gasteiger partial charge is 0.168 e. The molecule has 0 aliphatic rings. The van der Waals surface area contributed by atoms with Gasteiger partial charge in [0.05, 0.1) is 5.33 Å². The summed E-state index contributed by atoms with van der Waals surface area (Å²) in [6.07, 6.45) is 0. The number of alkyl halides is 1. The van der Waals surface area contributed by atoms with E-state index in [9.17, 15) is 4.79 Å². The molecule has 0 spiro atoms. The van der Waals surface area contributed by atoms with Crippen LogP contribution in [0.3, 0.4) is 0 Å². The summed E-state index contributed by atoms with van der Waals surface area (Å²) in [6, 6.07) is 0. The number of halogens is 1. The van der Waals surface area contributed by atoms with Crippen LogP contribution in [-0.4, -0.2) is 24.8 Å². The topological polar surface area (TPSA) is 26.3 Å². The quantitative estimate of drug-likeness (QED) is 0.575. The predicted molar refractivity (Wildman–Crippen MR) is 30.7 cm³/mol. The Bertz CT molecular complexity index is 62.7. The lowest BCUT2D eigenvalue weighted by Crippen LogP contribution is -2.06. The van der Waals surface area contributed by atoms with E-state index in [1.165, 1.54) is 7.11 Å². The van der Waals surface area contributed by atoms with E-state index in [-0.39, 0.29) is 12.4 Å². The molecule has 0 N–H and O–H groups in total. The monoisotopic (exact) mass is 166 g/mol. The number of ketones is 1. The van der Waals surface area contributed by atoms with Crippen molar-refractivity contribution in [1.82, 2.24) is 0 Å². The Morgan fingerprint density at radius 2 is 2.43 bits per heavy atom. The van der Waals surface area contributed by atoms with Gasteiger partial charge in [-0.05, 0) is 0 Å². The second-order valence-corrected chi connectivity index (χ2v) is 1.67. The van der Waals surface area contributed by atoms with Crippen LogP contribution >= 0.6 is 15.9 Å². The maximum Gasteiger partial charge on any atom is 0.168 e. The minimum Gasteiger partial charge on any atom is -0.377 e. The highest BCUT2D eigenvalue weighted by atomic mass is 79.9. The van der Waals surface area contributed by atoms with Crippen LogP contribution in [0.15, 0.2) is 0 Å². The number of ether oxygens (including phenoxy) is 1. The van der Waals surface area contributed by atoms with Crippen molar-refractivity contribution in [3.8, 4) is 0 Å². The summed E-state index contributed by atoms with van der Waals surface area (Å²) < 4.78 is 4.51. The highest BCUT2D eigenvalue weighted by Crippen LogP contribution is 1.81. The summed E-state index contributed by atoms with van der Waals surface area (Å²) in [4.78, 5) is 10.2. The third-order valence-corrected chi connectivity index (χ3v) is 1.08. The molecule has 0 fully saturated rings. The fourth-order valence-corrected chi connectivity index (χ4v) is 0.361. The average Bonchev–Trinajstić information content (AvgIpc) is 1.68. The highest BCUT2D eigenvalue weighted by Gasteiger charge is 1.93. The van der Waals surface area contributed by atoms with E-state index in [1.54, 1.807) is 0 Å². The first-order chi connectivity index (χ1) is 3.31. The summed E-state index contributed by atoms with van der Waals surface area (Å²) in [7, 11) is 1.50. The minimum absolute atomic E-state index is 0.0718. The molecule has 0 aliphatic heterocycles. The van der Waals surface area contributed by atoms with Crippen molar-refractivity contribution in [1.29, 1.82) is 0 Å². The number of hydrogen-bond donors (Lipinski definition) is 0. The third kappa shape index (κ3) is 3.95. The van der Waals surface area contributed by atoms with E-state index < -0.39 is 0 Å². The van der Waals surface area contributed by atoms with Gasteiger partial charge in [-0.25, -0.2) is 0 Å². The lowest BCUT2D eigenvalue weighted by atomic mass is 10.5. The second-order valence-electron chi connectivity index (χ2n) is 1.11. The second kappa shape index (κ2) is 4.27. The molecule has 0 aromatic rings. The fraction of sp³-hybridized carbons (Fsp3) is 0.750. The van der Waals surface area contributed by atoms with Gasteiger partial charge in [0.15, 0.2) is 5.78 Å². The zero-order chi connectivity index (χ0) is 5.70. The molecule has 0 aromatic carbocycles. The van der Waals surface area contributed by atoms with Crippen molar-refractivity contribution in [3.63, 3.8) is 0 Å². The number of hydrogen-bond acceptors (Lipinski definition) is 2. The molecule has 0 heterocycles. The molecule has 0 aliphatic carbocycles. The molecule has 2 nitrogen and oxygen atoms in total. The molecule has 0 aromatic heterocycles. The van der Waals surface area contributed by atoms with Crippen LogP contribution in [0.2, 0.25) is 0 Å². The number of methoxy groups -OCH3 is 1. The minimum atomic E-state index is 0.0718. The first kappa shape index (κ1) is 7.11. The summed E-state index contributed by atoms with van der Waals surface area (Å²) in [6.45, 7) is 0.214. The molecule has 7 heavy (non-hydrogen) atoms. The van der Waals surface area contributed by atoms with E-state index in [0.29, 0.717) is 5.33 Å². The SMILES string of the molecule is COCC(=O)CBr. The maximum atomic E-state index is 10.2. The van der Waals surface area contributed by atoms with E-state index >= 15 is 0 Å². The third-order valence-electron chi connectivity index (χ3n) is 0.454. The van der Waals surface area contributed by atoms with E-state index in [4.69, 9.17) is 0 Å². The van der Waals surface area contributed by atoms with Gasteiger partial charge in [0.2, 0.25) is 0 Å². The molecule has 0 radical (unpaired) electrons. The van der Waals surface area contributed by atoms with Gasteiger partial charge in [-0.2, -0.15) is 0 Å². The van der Waals surface area contributed by atoms with Gasteiger partial charge in [0.25, 0.3) is 0 Å².